The second-order valence-corrected chi connectivity index (χ2v) is 4.93. The van der Waals surface area contributed by atoms with Crippen LogP contribution in [0.2, 0.25) is 0 Å². The second-order valence-electron chi connectivity index (χ2n) is 4.93. The van der Waals surface area contributed by atoms with Gasteiger partial charge in [-0.25, -0.2) is 0 Å². The maximum absolute atomic E-state index is 11.8. The lowest BCUT2D eigenvalue weighted by Crippen LogP contribution is -2.43. The molecule has 1 aliphatic rings. The smallest absolute Gasteiger partial charge is 0.224 e. The molecule has 0 radical (unpaired) electrons. The third-order valence-corrected chi connectivity index (χ3v) is 3.75. The van der Waals surface area contributed by atoms with E-state index in [1.165, 1.54) is 0 Å². The van der Waals surface area contributed by atoms with Gasteiger partial charge in [0, 0.05) is 13.1 Å². The number of halogens is 1. The standard InChI is InChI=1S/C13H26N2O2.ClH/c1-3-10(4-2)12(16)9-15-13(17)11-6-5-7-14-8-11;/h10-12,14,16H,3-9H2,1-2H3,(H,15,17);1H. The Morgan fingerprint density at radius 2 is 2.11 bits per heavy atom. The number of amides is 1. The Bertz CT molecular complexity index is 229. The molecule has 0 aromatic carbocycles. The molecule has 0 aliphatic carbocycles. The van der Waals surface area contributed by atoms with Crippen molar-refractivity contribution in [2.45, 2.75) is 45.6 Å². The number of hydrogen-bond donors (Lipinski definition) is 3. The third-order valence-electron chi connectivity index (χ3n) is 3.75. The molecular weight excluding hydrogens is 252 g/mol. The first-order valence-electron chi connectivity index (χ1n) is 6.85. The largest absolute Gasteiger partial charge is 0.391 e. The minimum atomic E-state index is -0.412. The first kappa shape index (κ1) is 17.7. The van der Waals surface area contributed by atoms with Gasteiger partial charge in [-0.15, -0.1) is 12.4 Å². The fourth-order valence-electron chi connectivity index (χ4n) is 2.42. The molecule has 0 bridgehead atoms. The van der Waals surface area contributed by atoms with E-state index >= 15 is 0 Å². The number of piperidine rings is 1. The maximum atomic E-state index is 11.8. The van der Waals surface area contributed by atoms with E-state index < -0.39 is 6.10 Å². The van der Waals surface area contributed by atoms with Crippen molar-refractivity contribution in [3.05, 3.63) is 0 Å². The number of aliphatic hydroxyl groups excluding tert-OH is 1. The zero-order chi connectivity index (χ0) is 12.7. The summed E-state index contributed by atoms with van der Waals surface area (Å²) in [5.74, 6) is 0.458. The van der Waals surface area contributed by atoms with Crippen LogP contribution in [0.3, 0.4) is 0 Å². The van der Waals surface area contributed by atoms with Gasteiger partial charge in [-0.3, -0.25) is 4.79 Å². The Morgan fingerprint density at radius 3 is 2.61 bits per heavy atom. The van der Waals surface area contributed by atoms with Crippen LogP contribution in [0.5, 0.6) is 0 Å². The van der Waals surface area contributed by atoms with Crippen LogP contribution in [0.25, 0.3) is 0 Å². The van der Waals surface area contributed by atoms with Crippen LogP contribution in [-0.2, 0) is 4.79 Å². The Morgan fingerprint density at radius 1 is 1.44 bits per heavy atom. The van der Waals surface area contributed by atoms with Gasteiger partial charge in [-0.1, -0.05) is 26.7 Å². The first-order chi connectivity index (χ1) is 8.19. The van der Waals surface area contributed by atoms with Crippen LogP contribution in [0.1, 0.15) is 39.5 Å². The molecule has 0 aromatic heterocycles. The minimum absolute atomic E-state index is 0. The summed E-state index contributed by atoms with van der Waals surface area (Å²) in [5, 5.41) is 16.0. The molecule has 1 heterocycles. The van der Waals surface area contributed by atoms with Crippen molar-refractivity contribution in [3.63, 3.8) is 0 Å². The van der Waals surface area contributed by atoms with E-state index in [0.29, 0.717) is 12.5 Å². The van der Waals surface area contributed by atoms with E-state index in [0.717, 1.165) is 38.8 Å². The molecule has 0 saturated carbocycles. The number of carbonyl (C=O) groups excluding carboxylic acids is 1. The van der Waals surface area contributed by atoms with Crippen molar-refractivity contribution < 1.29 is 9.90 Å². The highest BCUT2D eigenvalue weighted by molar-refractivity contribution is 5.85. The molecule has 0 aromatic rings. The summed E-state index contributed by atoms with van der Waals surface area (Å²) in [6.07, 6.45) is 3.52. The summed E-state index contributed by atoms with van der Waals surface area (Å²) < 4.78 is 0. The van der Waals surface area contributed by atoms with Crippen molar-refractivity contribution in [1.29, 1.82) is 0 Å². The molecule has 18 heavy (non-hydrogen) atoms. The summed E-state index contributed by atoms with van der Waals surface area (Å²) in [6, 6.07) is 0. The Balaban J connectivity index is 0.00000289. The molecule has 3 N–H and O–H groups in total. The Labute approximate surface area is 116 Å². The zero-order valence-corrected chi connectivity index (χ0v) is 12.3. The van der Waals surface area contributed by atoms with Crippen LogP contribution in [-0.4, -0.2) is 36.8 Å². The lowest BCUT2D eigenvalue weighted by atomic mass is 9.95. The molecule has 5 heteroatoms. The molecule has 1 fully saturated rings. The van der Waals surface area contributed by atoms with Crippen molar-refractivity contribution >= 4 is 18.3 Å². The molecule has 4 nitrogen and oxygen atoms in total. The molecule has 2 unspecified atom stereocenters. The predicted molar refractivity (Wildman–Crippen MR) is 75.9 cm³/mol. The molecule has 1 amide bonds. The molecule has 1 saturated heterocycles. The lowest BCUT2D eigenvalue weighted by Gasteiger charge is -2.24. The van der Waals surface area contributed by atoms with E-state index in [1.54, 1.807) is 0 Å². The molecule has 0 spiro atoms. The normalized spacial score (nSPS) is 21.2. The first-order valence-corrected chi connectivity index (χ1v) is 6.85. The lowest BCUT2D eigenvalue weighted by molar-refractivity contribution is -0.126. The van der Waals surface area contributed by atoms with Gasteiger partial charge in [0.15, 0.2) is 0 Å². The summed E-state index contributed by atoms with van der Waals surface area (Å²) in [7, 11) is 0. The highest BCUT2D eigenvalue weighted by atomic mass is 35.5. The third kappa shape index (κ3) is 5.55. The summed E-state index contributed by atoms with van der Waals surface area (Å²) >= 11 is 0. The quantitative estimate of drug-likeness (QED) is 0.687. The zero-order valence-electron chi connectivity index (χ0n) is 11.4. The molecule has 1 aliphatic heterocycles. The number of nitrogens with one attached hydrogen (secondary N) is 2. The average Bonchev–Trinajstić information content (AvgIpc) is 2.38. The van der Waals surface area contributed by atoms with Crippen LogP contribution < -0.4 is 10.6 Å². The van der Waals surface area contributed by atoms with Gasteiger partial charge in [0.1, 0.15) is 0 Å². The molecular formula is C13H27ClN2O2. The van der Waals surface area contributed by atoms with Gasteiger partial charge in [-0.2, -0.15) is 0 Å². The van der Waals surface area contributed by atoms with Gasteiger partial charge in [0.05, 0.1) is 12.0 Å². The van der Waals surface area contributed by atoms with E-state index in [2.05, 4.69) is 24.5 Å². The Hall–Kier alpha value is -0.320. The summed E-state index contributed by atoms with van der Waals surface area (Å²) in [5.41, 5.74) is 0. The van der Waals surface area contributed by atoms with Crippen molar-refractivity contribution in [2.75, 3.05) is 19.6 Å². The van der Waals surface area contributed by atoms with Gasteiger partial charge < -0.3 is 15.7 Å². The number of hydrogen-bond acceptors (Lipinski definition) is 3. The van der Waals surface area contributed by atoms with Gasteiger partial charge in [0.25, 0.3) is 0 Å². The van der Waals surface area contributed by atoms with Gasteiger partial charge >= 0.3 is 0 Å². The topological polar surface area (TPSA) is 61.4 Å². The average molecular weight is 279 g/mol. The molecule has 2 atom stereocenters. The number of rotatable bonds is 6. The van der Waals surface area contributed by atoms with Crippen LogP contribution in [0, 0.1) is 11.8 Å². The number of carbonyl (C=O) groups is 1. The van der Waals surface area contributed by atoms with Crippen molar-refractivity contribution in [2.24, 2.45) is 11.8 Å². The predicted octanol–water partition coefficient (Wildman–Crippen LogP) is 1.32. The van der Waals surface area contributed by atoms with Crippen LogP contribution in [0.15, 0.2) is 0 Å². The minimum Gasteiger partial charge on any atom is -0.391 e. The van der Waals surface area contributed by atoms with Crippen LogP contribution >= 0.6 is 12.4 Å². The SMILES string of the molecule is CCC(CC)C(O)CNC(=O)C1CCCNC1.Cl. The highest BCUT2D eigenvalue weighted by Gasteiger charge is 2.22. The molecule has 108 valence electrons. The highest BCUT2D eigenvalue weighted by Crippen LogP contribution is 2.13. The van der Waals surface area contributed by atoms with Crippen molar-refractivity contribution in [1.82, 2.24) is 10.6 Å². The monoisotopic (exact) mass is 278 g/mol. The van der Waals surface area contributed by atoms with E-state index in [-0.39, 0.29) is 24.2 Å². The summed E-state index contributed by atoms with van der Waals surface area (Å²) in [6.45, 7) is 6.32. The Kier molecular flexibility index (Phi) is 9.42. The van der Waals surface area contributed by atoms with E-state index in [9.17, 15) is 9.90 Å². The molecule has 1 rings (SSSR count). The van der Waals surface area contributed by atoms with E-state index in [1.807, 2.05) is 0 Å². The summed E-state index contributed by atoms with van der Waals surface area (Å²) in [4.78, 5) is 11.8. The van der Waals surface area contributed by atoms with Gasteiger partial charge in [0.2, 0.25) is 5.91 Å². The van der Waals surface area contributed by atoms with Gasteiger partial charge in [-0.05, 0) is 25.3 Å². The second kappa shape index (κ2) is 9.59. The maximum Gasteiger partial charge on any atom is 0.224 e. The van der Waals surface area contributed by atoms with Crippen LogP contribution in [0.4, 0.5) is 0 Å². The van der Waals surface area contributed by atoms with E-state index in [4.69, 9.17) is 0 Å². The number of aliphatic hydroxyl groups is 1. The fraction of sp³-hybridized carbons (Fsp3) is 0.923. The van der Waals surface area contributed by atoms with Crippen molar-refractivity contribution in [3.8, 4) is 0 Å². The fourth-order valence-corrected chi connectivity index (χ4v) is 2.42.